The Morgan fingerprint density at radius 1 is 0.971 bits per heavy atom. The highest BCUT2D eigenvalue weighted by atomic mass is 19.4. The predicted octanol–water partition coefficient (Wildman–Crippen LogP) is 3.35. The second-order valence-corrected chi connectivity index (χ2v) is 6.74. The molecule has 0 aliphatic carbocycles. The SMILES string of the molecule is NCC1CCCn2cc(-c3ccc(C(=O)O)cc3)nc21.O=C(O)C(F)(F)F.O=C(O)C(F)(F)F. The number of alkyl halides is 6. The Hall–Kier alpha value is -3.62. The van der Waals surface area contributed by atoms with Crippen molar-refractivity contribution in [3.8, 4) is 11.3 Å². The summed E-state index contributed by atoms with van der Waals surface area (Å²) in [5.74, 6) is -5.05. The summed E-state index contributed by atoms with van der Waals surface area (Å²) >= 11 is 0. The average molecular weight is 499 g/mol. The fourth-order valence-corrected chi connectivity index (χ4v) is 2.72. The van der Waals surface area contributed by atoms with Crippen molar-refractivity contribution in [2.45, 2.75) is 37.7 Å². The Morgan fingerprint density at radius 3 is 1.82 bits per heavy atom. The van der Waals surface area contributed by atoms with Crippen LogP contribution in [-0.4, -0.2) is 61.7 Å². The van der Waals surface area contributed by atoms with Crippen LogP contribution in [0.3, 0.4) is 0 Å². The van der Waals surface area contributed by atoms with Gasteiger partial charge in [0.15, 0.2) is 0 Å². The Bertz CT molecular complexity index is 977. The van der Waals surface area contributed by atoms with E-state index in [1.54, 1.807) is 24.3 Å². The molecule has 1 unspecified atom stereocenters. The van der Waals surface area contributed by atoms with Crippen LogP contribution in [0, 0.1) is 0 Å². The van der Waals surface area contributed by atoms with Gasteiger partial charge in [-0.2, -0.15) is 26.3 Å². The van der Waals surface area contributed by atoms with Gasteiger partial charge in [0.25, 0.3) is 0 Å². The lowest BCUT2D eigenvalue weighted by molar-refractivity contribution is -0.193. The van der Waals surface area contributed by atoms with E-state index in [9.17, 15) is 31.1 Å². The van der Waals surface area contributed by atoms with Crippen LogP contribution in [0.2, 0.25) is 0 Å². The van der Waals surface area contributed by atoms with E-state index < -0.39 is 30.3 Å². The first-order valence-electron chi connectivity index (χ1n) is 9.29. The minimum atomic E-state index is -5.08. The van der Waals surface area contributed by atoms with Crippen molar-refractivity contribution in [2.24, 2.45) is 5.73 Å². The van der Waals surface area contributed by atoms with Crippen molar-refractivity contribution in [1.29, 1.82) is 0 Å². The zero-order chi connectivity index (χ0) is 26.3. The van der Waals surface area contributed by atoms with Crippen LogP contribution < -0.4 is 5.73 Å². The van der Waals surface area contributed by atoms with Crippen LogP contribution in [0.1, 0.15) is 34.9 Å². The largest absolute Gasteiger partial charge is 0.490 e. The minimum Gasteiger partial charge on any atom is -0.478 e. The number of hydrogen-bond acceptors (Lipinski definition) is 5. The highest BCUT2D eigenvalue weighted by Crippen LogP contribution is 2.29. The van der Waals surface area contributed by atoms with Crippen molar-refractivity contribution < 1.29 is 56.0 Å². The molecule has 0 fully saturated rings. The number of benzene rings is 1. The zero-order valence-electron chi connectivity index (χ0n) is 17.1. The van der Waals surface area contributed by atoms with E-state index in [2.05, 4.69) is 9.55 Å². The predicted molar refractivity (Wildman–Crippen MR) is 103 cm³/mol. The number of carboxylic acid groups (broad SMARTS) is 3. The van der Waals surface area contributed by atoms with E-state index in [0.717, 1.165) is 36.5 Å². The van der Waals surface area contributed by atoms with E-state index in [1.165, 1.54) is 0 Å². The maximum Gasteiger partial charge on any atom is 0.490 e. The molecule has 1 aliphatic rings. The molecule has 34 heavy (non-hydrogen) atoms. The number of aromatic nitrogens is 2. The number of hydrogen-bond donors (Lipinski definition) is 4. The summed E-state index contributed by atoms with van der Waals surface area (Å²) in [5.41, 5.74) is 7.91. The number of carbonyl (C=O) groups is 3. The highest BCUT2D eigenvalue weighted by Gasteiger charge is 2.38. The maximum atomic E-state index is 10.9. The molecular weight excluding hydrogens is 480 g/mol. The van der Waals surface area contributed by atoms with Crippen molar-refractivity contribution in [2.75, 3.05) is 6.54 Å². The van der Waals surface area contributed by atoms with E-state index in [-0.39, 0.29) is 5.56 Å². The smallest absolute Gasteiger partial charge is 0.478 e. The maximum absolute atomic E-state index is 10.9. The third-order valence-corrected chi connectivity index (χ3v) is 4.32. The van der Waals surface area contributed by atoms with Crippen molar-refractivity contribution in [3.05, 3.63) is 41.9 Å². The molecule has 0 bridgehead atoms. The monoisotopic (exact) mass is 499 g/mol. The summed E-state index contributed by atoms with van der Waals surface area (Å²) in [4.78, 5) is 33.3. The third kappa shape index (κ3) is 8.38. The summed E-state index contributed by atoms with van der Waals surface area (Å²) in [7, 11) is 0. The quantitative estimate of drug-likeness (QED) is 0.469. The molecule has 0 amide bonds. The molecule has 1 aliphatic heterocycles. The van der Waals surface area contributed by atoms with Gasteiger partial charge >= 0.3 is 30.3 Å². The van der Waals surface area contributed by atoms with Crippen LogP contribution in [0.15, 0.2) is 30.5 Å². The minimum absolute atomic E-state index is 0.289. The summed E-state index contributed by atoms with van der Waals surface area (Å²) in [6, 6.07) is 6.82. The Balaban J connectivity index is 0.000000343. The van der Waals surface area contributed by atoms with Gasteiger partial charge in [0.2, 0.25) is 0 Å². The molecule has 9 nitrogen and oxygen atoms in total. The normalized spacial score (nSPS) is 15.1. The van der Waals surface area contributed by atoms with Gasteiger partial charge in [-0.25, -0.2) is 19.4 Å². The summed E-state index contributed by atoms with van der Waals surface area (Å²) < 4.78 is 65.6. The van der Waals surface area contributed by atoms with E-state index in [4.69, 9.17) is 30.6 Å². The van der Waals surface area contributed by atoms with Gasteiger partial charge in [-0.15, -0.1) is 0 Å². The number of carboxylic acids is 3. The molecule has 188 valence electrons. The van der Waals surface area contributed by atoms with Gasteiger partial charge in [-0.1, -0.05) is 12.1 Å². The van der Waals surface area contributed by atoms with Crippen LogP contribution in [0.5, 0.6) is 0 Å². The first-order valence-corrected chi connectivity index (χ1v) is 9.29. The number of fused-ring (bicyclic) bond motifs is 1. The van der Waals surface area contributed by atoms with Crippen LogP contribution in [0.4, 0.5) is 26.3 Å². The molecule has 1 aromatic carbocycles. The van der Waals surface area contributed by atoms with Crippen molar-refractivity contribution >= 4 is 17.9 Å². The molecule has 0 spiro atoms. The first kappa shape index (κ1) is 28.4. The molecular formula is C19H19F6N3O6. The number of aryl methyl sites for hydroxylation is 1. The third-order valence-electron chi connectivity index (χ3n) is 4.32. The number of halogens is 6. The van der Waals surface area contributed by atoms with E-state index >= 15 is 0 Å². The van der Waals surface area contributed by atoms with Crippen LogP contribution >= 0.6 is 0 Å². The topological polar surface area (TPSA) is 156 Å². The molecule has 1 atom stereocenters. The van der Waals surface area contributed by atoms with Crippen molar-refractivity contribution in [1.82, 2.24) is 9.55 Å². The average Bonchev–Trinajstić information content (AvgIpc) is 3.17. The fraction of sp³-hybridized carbons (Fsp3) is 0.368. The molecule has 0 saturated carbocycles. The second kappa shape index (κ2) is 11.5. The van der Waals surface area contributed by atoms with Gasteiger partial charge in [0.05, 0.1) is 11.3 Å². The van der Waals surface area contributed by atoms with Crippen molar-refractivity contribution in [3.63, 3.8) is 0 Å². The number of nitrogens with two attached hydrogens (primary N) is 1. The van der Waals surface area contributed by atoms with Crippen LogP contribution in [0.25, 0.3) is 11.3 Å². The van der Waals surface area contributed by atoms with Gasteiger partial charge in [-0.05, 0) is 25.0 Å². The first-order chi connectivity index (χ1) is 15.6. The number of rotatable bonds is 3. The highest BCUT2D eigenvalue weighted by molar-refractivity contribution is 5.88. The molecule has 0 saturated heterocycles. The lowest BCUT2D eigenvalue weighted by Gasteiger charge is -2.21. The lowest BCUT2D eigenvalue weighted by atomic mass is 9.99. The molecule has 2 aromatic rings. The molecule has 0 radical (unpaired) electrons. The molecule has 3 rings (SSSR count). The molecule has 15 heteroatoms. The Morgan fingerprint density at radius 2 is 1.44 bits per heavy atom. The summed E-state index contributed by atoms with van der Waals surface area (Å²) in [5, 5.41) is 23.2. The summed E-state index contributed by atoms with van der Waals surface area (Å²) in [6.45, 7) is 1.60. The fourth-order valence-electron chi connectivity index (χ4n) is 2.72. The zero-order valence-corrected chi connectivity index (χ0v) is 17.1. The van der Waals surface area contributed by atoms with E-state index in [1.807, 2.05) is 6.20 Å². The van der Waals surface area contributed by atoms with Gasteiger partial charge in [0.1, 0.15) is 5.82 Å². The number of aromatic carboxylic acids is 1. The Labute approximate surface area is 187 Å². The Kier molecular flexibility index (Phi) is 9.60. The number of aliphatic carboxylic acids is 2. The molecule has 1 aromatic heterocycles. The van der Waals surface area contributed by atoms with Gasteiger partial charge < -0.3 is 25.6 Å². The van der Waals surface area contributed by atoms with E-state index in [0.29, 0.717) is 12.5 Å². The number of imidazole rings is 1. The molecule has 2 heterocycles. The second-order valence-electron chi connectivity index (χ2n) is 6.74. The lowest BCUT2D eigenvalue weighted by Crippen LogP contribution is -2.21. The van der Waals surface area contributed by atoms with Crippen LogP contribution in [-0.2, 0) is 16.1 Å². The summed E-state index contributed by atoms with van der Waals surface area (Å²) in [6.07, 6.45) is -5.92. The van der Waals surface area contributed by atoms with Gasteiger partial charge in [-0.3, -0.25) is 0 Å². The standard InChI is InChI=1S/C15H17N3O2.2C2HF3O2/c16-8-12-2-1-7-18-9-13(17-14(12)18)10-3-5-11(6-4-10)15(19)20;2*3-2(4,5)1(6)7/h3-6,9,12H,1-2,7-8,16H2,(H,19,20);2*(H,6,7). The molecule has 5 N–H and O–H groups in total. The van der Waals surface area contributed by atoms with Gasteiger partial charge in [0, 0.05) is 30.8 Å². The number of nitrogens with zero attached hydrogens (tertiary/aromatic N) is 2.